The van der Waals surface area contributed by atoms with Crippen molar-refractivity contribution < 1.29 is 14.3 Å². The molecule has 2 heterocycles. The number of amides is 1. The molecule has 7 nitrogen and oxygen atoms in total. The lowest BCUT2D eigenvalue weighted by molar-refractivity contribution is -0.0817. The van der Waals surface area contributed by atoms with Gasteiger partial charge in [0.2, 0.25) is 0 Å². The third-order valence-corrected chi connectivity index (χ3v) is 4.96. The van der Waals surface area contributed by atoms with Gasteiger partial charge >= 0.3 is 0 Å². The minimum absolute atomic E-state index is 0.0770. The van der Waals surface area contributed by atoms with Crippen LogP contribution in [0.15, 0.2) is 29.3 Å². The molecule has 2 atom stereocenters. The summed E-state index contributed by atoms with van der Waals surface area (Å²) in [6, 6.07) is 7.57. The fourth-order valence-electron chi connectivity index (χ4n) is 3.49. The van der Waals surface area contributed by atoms with E-state index < -0.39 is 0 Å². The van der Waals surface area contributed by atoms with Crippen LogP contribution in [0.2, 0.25) is 0 Å². The van der Waals surface area contributed by atoms with E-state index in [0.717, 1.165) is 50.6 Å². The molecule has 0 bridgehead atoms. The van der Waals surface area contributed by atoms with Gasteiger partial charge in [-0.05, 0) is 37.5 Å². The molecular formula is C20H30N4O3. The molecule has 0 saturated carbocycles. The molecule has 2 aliphatic rings. The zero-order chi connectivity index (χ0) is 19.1. The Hall–Kier alpha value is -2.12. The van der Waals surface area contributed by atoms with E-state index >= 15 is 0 Å². The smallest absolute Gasteiger partial charge is 0.251 e. The summed E-state index contributed by atoms with van der Waals surface area (Å²) in [6.07, 6.45) is 2.50. The number of hydrogen-bond donors (Lipinski definition) is 2. The van der Waals surface area contributed by atoms with Crippen LogP contribution in [0, 0.1) is 0 Å². The minimum Gasteiger partial charge on any atom is -0.375 e. The van der Waals surface area contributed by atoms with E-state index in [9.17, 15) is 4.79 Å². The average Bonchev–Trinajstić information content (AvgIpc) is 3.26. The van der Waals surface area contributed by atoms with Gasteiger partial charge in [0.15, 0.2) is 5.96 Å². The van der Waals surface area contributed by atoms with Crippen molar-refractivity contribution in [1.82, 2.24) is 15.5 Å². The van der Waals surface area contributed by atoms with Gasteiger partial charge in [-0.2, -0.15) is 0 Å². The SMILES string of the molecule is CCNC(=NCc1ccc(C(=O)NC)cc1)N1CCOC(C2CCCO2)C1. The van der Waals surface area contributed by atoms with Gasteiger partial charge in [0.05, 0.1) is 19.3 Å². The summed E-state index contributed by atoms with van der Waals surface area (Å²) in [5.74, 6) is 0.825. The predicted molar refractivity (Wildman–Crippen MR) is 105 cm³/mol. The van der Waals surface area contributed by atoms with Gasteiger partial charge in [0, 0.05) is 38.9 Å². The minimum atomic E-state index is -0.0770. The van der Waals surface area contributed by atoms with Crippen molar-refractivity contribution in [3.63, 3.8) is 0 Å². The Bertz CT molecular complexity index is 641. The van der Waals surface area contributed by atoms with Crippen molar-refractivity contribution in [2.24, 2.45) is 4.99 Å². The number of morpholine rings is 1. The Labute approximate surface area is 161 Å². The molecule has 7 heteroatoms. The van der Waals surface area contributed by atoms with Gasteiger partial charge in [0.1, 0.15) is 6.10 Å². The first kappa shape index (κ1) is 19.6. The highest BCUT2D eigenvalue weighted by Gasteiger charge is 2.32. The summed E-state index contributed by atoms with van der Waals surface area (Å²) < 4.78 is 11.7. The summed E-state index contributed by atoms with van der Waals surface area (Å²) in [6.45, 7) is 6.61. The van der Waals surface area contributed by atoms with Crippen molar-refractivity contribution >= 4 is 11.9 Å². The average molecular weight is 374 g/mol. The Morgan fingerprint density at radius 2 is 2.00 bits per heavy atom. The van der Waals surface area contributed by atoms with Crippen LogP contribution in [-0.2, 0) is 16.0 Å². The first-order valence-corrected chi connectivity index (χ1v) is 9.78. The molecular weight excluding hydrogens is 344 g/mol. The highest BCUT2D eigenvalue weighted by Crippen LogP contribution is 2.21. The molecule has 1 amide bonds. The zero-order valence-electron chi connectivity index (χ0n) is 16.2. The van der Waals surface area contributed by atoms with Gasteiger partial charge in [-0.3, -0.25) is 4.79 Å². The van der Waals surface area contributed by atoms with Crippen LogP contribution in [0.1, 0.15) is 35.7 Å². The topological polar surface area (TPSA) is 75.2 Å². The molecule has 27 heavy (non-hydrogen) atoms. The van der Waals surface area contributed by atoms with E-state index in [0.29, 0.717) is 18.7 Å². The van der Waals surface area contributed by atoms with Crippen molar-refractivity contribution in [2.75, 3.05) is 39.9 Å². The second kappa shape index (κ2) is 9.71. The maximum absolute atomic E-state index is 11.6. The van der Waals surface area contributed by atoms with Crippen LogP contribution in [0.25, 0.3) is 0 Å². The van der Waals surface area contributed by atoms with Gasteiger partial charge in [-0.25, -0.2) is 4.99 Å². The molecule has 2 N–H and O–H groups in total. The third-order valence-electron chi connectivity index (χ3n) is 4.96. The van der Waals surface area contributed by atoms with Crippen LogP contribution in [0.3, 0.4) is 0 Å². The quantitative estimate of drug-likeness (QED) is 0.602. The number of carbonyl (C=O) groups excluding carboxylic acids is 1. The Kier molecular flexibility index (Phi) is 7.06. The Balaban J connectivity index is 1.64. The van der Waals surface area contributed by atoms with E-state index in [1.54, 1.807) is 7.05 Å². The summed E-state index contributed by atoms with van der Waals surface area (Å²) in [5.41, 5.74) is 1.73. The third kappa shape index (κ3) is 5.20. The first-order chi connectivity index (χ1) is 13.2. The number of aliphatic imine (C=N–C) groups is 1. The highest BCUT2D eigenvalue weighted by molar-refractivity contribution is 5.93. The molecule has 0 radical (unpaired) electrons. The summed E-state index contributed by atoms with van der Waals surface area (Å²) in [7, 11) is 1.63. The Morgan fingerprint density at radius 3 is 2.67 bits per heavy atom. The normalized spacial score (nSPS) is 23.3. The summed E-state index contributed by atoms with van der Waals surface area (Å²) >= 11 is 0. The fourth-order valence-corrected chi connectivity index (χ4v) is 3.49. The van der Waals surface area contributed by atoms with Crippen LogP contribution in [0.4, 0.5) is 0 Å². The van der Waals surface area contributed by atoms with Crippen LogP contribution in [0.5, 0.6) is 0 Å². The maximum atomic E-state index is 11.6. The maximum Gasteiger partial charge on any atom is 0.251 e. The standard InChI is InChI=1S/C20H30N4O3/c1-3-22-20(23-13-15-6-8-16(9-7-15)19(25)21-2)24-10-12-27-18(14-24)17-5-4-11-26-17/h6-9,17-18H,3-5,10-14H2,1-2H3,(H,21,25)(H,22,23). The molecule has 0 aromatic heterocycles. The fraction of sp³-hybridized carbons (Fsp3) is 0.600. The van der Waals surface area contributed by atoms with E-state index in [2.05, 4.69) is 22.5 Å². The van der Waals surface area contributed by atoms with Crippen molar-refractivity contribution in [3.8, 4) is 0 Å². The van der Waals surface area contributed by atoms with Gasteiger partial charge in [-0.1, -0.05) is 12.1 Å². The number of nitrogens with zero attached hydrogens (tertiary/aromatic N) is 2. The first-order valence-electron chi connectivity index (χ1n) is 9.78. The lowest BCUT2D eigenvalue weighted by Gasteiger charge is -2.37. The lowest BCUT2D eigenvalue weighted by Crippen LogP contribution is -2.53. The van der Waals surface area contributed by atoms with Crippen molar-refractivity contribution in [3.05, 3.63) is 35.4 Å². The molecule has 1 aromatic carbocycles. The van der Waals surface area contributed by atoms with Crippen LogP contribution < -0.4 is 10.6 Å². The predicted octanol–water partition coefficient (Wildman–Crippen LogP) is 1.39. The summed E-state index contributed by atoms with van der Waals surface area (Å²) in [4.78, 5) is 18.7. The van der Waals surface area contributed by atoms with Gasteiger partial charge in [-0.15, -0.1) is 0 Å². The van der Waals surface area contributed by atoms with Gasteiger partial charge in [0.25, 0.3) is 5.91 Å². The molecule has 1 aromatic rings. The molecule has 2 saturated heterocycles. The molecule has 2 fully saturated rings. The molecule has 3 rings (SSSR count). The number of carbonyl (C=O) groups is 1. The number of hydrogen-bond acceptors (Lipinski definition) is 4. The second-order valence-corrected chi connectivity index (χ2v) is 6.85. The van der Waals surface area contributed by atoms with Crippen LogP contribution >= 0.6 is 0 Å². The van der Waals surface area contributed by atoms with Gasteiger partial charge < -0.3 is 25.0 Å². The number of benzene rings is 1. The molecule has 0 spiro atoms. The largest absolute Gasteiger partial charge is 0.375 e. The van der Waals surface area contributed by atoms with E-state index in [4.69, 9.17) is 14.5 Å². The van der Waals surface area contributed by atoms with Crippen LogP contribution in [-0.4, -0.2) is 68.9 Å². The Morgan fingerprint density at radius 1 is 1.22 bits per heavy atom. The molecule has 148 valence electrons. The molecule has 2 aliphatic heterocycles. The zero-order valence-corrected chi connectivity index (χ0v) is 16.2. The van der Waals surface area contributed by atoms with E-state index in [-0.39, 0.29) is 18.1 Å². The number of ether oxygens (including phenoxy) is 2. The van der Waals surface area contributed by atoms with E-state index in [1.165, 1.54) is 0 Å². The van der Waals surface area contributed by atoms with E-state index in [1.807, 2.05) is 24.3 Å². The molecule has 0 aliphatic carbocycles. The van der Waals surface area contributed by atoms with Crippen molar-refractivity contribution in [2.45, 2.75) is 38.5 Å². The second-order valence-electron chi connectivity index (χ2n) is 6.85. The lowest BCUT2D eigenvalue weighted by atomic mass is 10.1. The number of nitrogens with one attached hydrogen (secondary N) is 2. The molecule has 2 unspecified atom stereocenters. The monoisotopic (exact) mass is 374 g/mol. The number of rotatable bonds is 5. The van der Waals surface area contributed by atoms with Crippen molar-refractivity contribution in [1.29, 1.82) is 0 Å². The summed E-state index contributed by atoms with van der Waals surface area (Å²) in [5, 5.41) is 6.02. The highest BCUT2D eigenvalue weighted by atomic mass is 16.5. The number of guanidine groups is 1.